The summed E-state index contributed by atoms with van der Waals surface area (Å²) in [5, 5.41) is 6.21. The fourth-order valence-corrected chi connectivity index (χ4v) is 4.91. The molecule has 0 atom stereocenters. The molecule has 5 rings (SSSR count). The highest BCUT2D eigenvalue weighted by Gasteiger charge is 2.30. The van der Waals surface area contributed by atoms with Crippen LogP contribution in [0, 0.1) is 5.82 Å². The summed E-state index contributed by atoms with van der Waals surface area (Å²) in [6.45, 7) is 6.05. The van der Waals surface area contributed by atoms with Crippen LogP contribution in [0.5, 0.6) is 11.8 Å². The summed E-state index contributed by atoms with van der Waals surface area (Å²) in [5.74, 6) is -0.329. The van der Waals surface area contributed by atoms with Crippen molar-refractivity contribution in [1.29, 1.82) is 0 Å². The van der Waals surface area contributed by atoms with E-state index in [9.17, 15) is 4.79 Å². The van der Waals surface area contributed by atoms with E-state index in [4.69, 9.17) is 4.74 Å². The number of aromatic nitrogens is 3. The maximum Gasteiger partial charge on any atom is 0.258 e. The molecule has 1 aliphatic carbocycles. The number of ether oxygens (including phenoxy) is 1. The fraction of sp³-hybridized carbons (Fsp3) is 0.417. The molecule has 0 saturated carbocycles. The Kier molecular flexibility index (Phi) is 5.46. The smallest absolute Gasteiger partial charge is 0.258 e. The SMILES string of the molecule is CCC1=C(C2=C(C)CCNC2=O)CCc2cnc(Oc3ncnc4c3CNCC4)c(F)c21. The van der Waals surface area contributed by atoms with Crippen molar-refractivity contribution < 1.29 is 13.9 Å². The molecular formula is C24H26FN5O2. The van der Waals surface area contributed by atoms with E-state index in [-0.39, 0.29) is 11.8 Å². The normalized spacial score (nSPS) is 18.3. The summed E-state index contributed by atoms with van der Waals surface area (Å²) in [6, 6.07) is 0. The number of pyridine rings is 1. The van der Waals surface area contributed by atoms with Gasteiger partial charge in [-0.05, 0) is 49.3 Å². The van der Waals surface area contributed by atoms with E-state index in [1.807, 2.05) is 13.8 Å². The second kappa shape index (κ2) is 8.43. The van der Waals surface area contributed by atoms with E-state index in [0.717, 1.165) is 52.9 Å². The monoisotopic (exact) mass is 435 g/mol. The van der Waals surface area contributed by atoms with Crippen LogP contribution in [-0.4, -0.2) is 33.9 Å². The first kappa shape index (κ1) is 20.8. The molecule has 0 fully saturated rings. The highest BCUT2D eigenvalue weighted by Crippen LogP contribution is 2.42. The van der Waals surface area contributed by atoms with Gasteiger partial charge in [0.05, 0.1) is 11.3 Å². The number of nitrogens with one attached hydrogen (secondary N) is 2. The Morgan fingerprint density at radius 1 is 1.09 bits per heavy atom. The van der Waals surface area contributed by atoms with E-state index >= 15 is 4.39 Å². The van der Waals surface area contributed by atoms with E-state index in [1.165, 1.54) is 6.33 Å². The standard InChI is InChI=1S/C24H26FN5O2/c1-3-15-16(19-13(2)6-9-27-22(19)31)5-4-14-10-28-24(21(25)20(14)15)32-23-17-11-26-8-7-18(17)29-12-30-23/h10,12,26H,3-9,11H2,1-2H3,(H,27,31). The number of hydrogen-bond acceptors (Lipinski definition) is 6. The summed E-state index contributed by atoms with van der Waals surface area (Å²) in [6.07, 6.45) is 6.67. The number of hydrogen-bond donors (Lipinski definition) is 2. The highest BCUT2D eigenvalue weighted by molar-refractivity contribution is 6.02. The molecule has 2 aromatic rings. The minimum Gasteiger partial charge on any atom is -0.417 e. The van der Waals surface area contributed by atoms with Gasteiger partial charge in [0.25, 0.3) is 11.8 Å². The third-order valence-electron chi connectivity index (χ3n) is 6.50. The molecule has 0 aromatic carbocycles. The van der Waals surface area contributed by atoms with Gasteiger partial charge in [0.1, 0.15) is 6.33 Å². The van der Waals surface area contributed by atoms with Crippen molar-refractivity contribution in [1.82, 2.24) is 25.6 Å². The van der Waals surface area contributed by atoms with Gasteiger partial charge in [-0.2, -0.15) is 0 Å². The highest BCUT2D eigenvalue weighted by atomic mass is 19.1. The number of rotatable bonds is 4. The van der Waals surface area contributed by atoms with Gasteiger partial charge in [-0.15, -0.1) is 0 Å². The Morgan fingerprint density at radius 3 is 2.78 bits per heavy atom. The van der Waals surface area contributed by atoms with E-state index in [1.54, 1.807) is 6.20 Å². The van der Waals surface area contributed by atoms with Crippen LogP contribution in [0.4, 0.5) is 4.39 Å². The molecule has 32 heavy (non-hydrogen) atoms. The van der Waals surface area contributed by atoms with Crippen LogP contribution in [0.15, 0.2) is 29.2 Å². The van der Waals surface area contributed by atoms with Crippen LogP contribution < -0.4 is 15.4 Å². The molecule has 4 heterocycles. The average Bonchev–Trinajstić information content (AvgIpc) is 2.81. The van der Waals surface area contributed by atoms with Gasteiger partial charge < -0.3 is 15.4 Å². The van der Waals surface area contributed by atoms with Gasteiger partial charge in [-0.3, -0.25) is 4.79 Å². The zero-order valence-electron chi connectivity index (χ0n) is 18.3. The minimum atomic E-state index is -0.498. The lowest BCUT2D eigenvalue weighted by Gasteiger charge is -2.28. The number of halogens is 1. The largest absolute Gasteiger partial charge is 0.417 e. The number of nitrogens with zero attached hydrogens (tertiary/aromatic N) is 3. The van der Waals surface area contributed by atoms with Crippen LogP contribution in [0.2, 0.25) is 0 Å². The number of allylic oxidation sites excluding steroid dienone is 1. The quantitative estimate of drug-likeness (QED) is 0.765. The van der Waals surface area contributed by atoms with Gasteiger partial charge in [0.2, 0.25) is 5.88 Å². The predicted molar refractivity (Wildman–Crippen MR) is 118 cm³/mol. The van der Waals surface area contributed by atoms with Crippen LogP contribution in [0.3, 0.4) is 0 Å². The Hall–Kier alpha value is -3.13. The van der Waals surface area contributed by atoms with Crippen molar-refractivity contribution in [3.63, 3.8) is 0 Å². The molecule has 8 heteroatoms. The Morgan fingerprint density at radius 2 is 1.97 bits per heavy atom. The Balaban J connectivity index is 1.59. The van der Waals surface area contributed by atoms with Crippen LogP contribution in [0.25, 0.3) is 5.57 Å². The van der Waals surface area contributed by atoms with E-state index in [2.05, 4.69) is 25.6 Å². The van der Waals surface area contributed by atoms with Gasteiger partial charge in [-0.1, -0.05) is 12.5 Å². The summed E-state index contributed by atoms with van der Waals surface area (Å²) in [7, 11) is 0. The molecular weight excluding hydrogens is 409 g/mol. The third kappa shape index (κ3) is 3.48. The Labute approximate surface area is 186 Å². The summed E-state index contributed by atoms with van der Waals surface area (Å²) in [4.78, 5) is 25.5. The van der Waals surface area contributed by atoms with E-state index < -0.39 is 5.82 Å². The van der Waals surface area contributed by atoms with Crippen molar-refractivity contribution in [3.8, 4) is 11.8 Å². The molecule has 3 aliphatic rings. The minimum absolute atomic E-state index is 0.0656. The molecule has 2 aromatic heterocycles. The molecule has 166 valence electrons. The van der Waals surface area contributed by atoms with Crippen LogP contribution in [-0.2, 0) is 24.2 Å². The topological polar surface area (TPSA) is 89.0 Å². The zero-order chi connectivity index (χ0) is 22.2. The number of fused-ring (bicyclic) bond motifs is 2. The molecule has 0 unspecified atom stereocenters. The first-order chi connectivity index (χ1) is 15.6. The number of carbonyl (C=O) groups excluding carboxylic acids is 1. The maximum atomic E-state index is 15.8. The third-order valence-corrected chi connectivity index (χ3v) is 6.50. The van der Waals surface area contributed by atoms with Gasteiger partial charge >= 0.3 is 0 Å². The molecule has 0 saturated heterocycles. The molecule has 0 radical (unpaired) electrons. The Bertz CT molecular complexity index is 1170. The zero-order valence-corrected chi connectivity index (χ0v) is 18.3. The molecule has 0 spiro atoms. The van der Waals surface area contributed by atoms with Crippen molar-refractivity contribution in [2.24, 2.45) is 0 Å². The second-order valence-electron chi connectivity index (χ2n) is 8.38. The summed E-state index contributed by atoms with van der Waals surface area (Å²) >= 11 is 0. The van der Waals surface area contributed by atoms with Crippen LogP contribution >= 0.6 is 0 Å². The predicted octanol–water partition coefficient (Wildman–Crippen LogP) is 3.39. The molecule has 0 bridgehead atoms. The van der Waals surface area contributed by atoms with Crippen molar-refractivity contribution in [3.05, 3.63) is 57.4 Å². The van der Waals surface area contributed by atoms with Gasteiger partial charge in [-0.25, -0.2) is 19.3 Å². The molecule has 7 nitrogen and oxygen atoms in total. The van der Waals surface area contributed by atoms with Gasteiger partial charge in [0.15, 0.2) is 5.82 Å². The number of aryl methyl sites for hydroxylation is 1. The maximum absolute atomic E-state index is 15.8. The lowest BCUT2D eigenvalue weighted by atomic mass is 9.79. The van der Waals surface area contributed by atoms with Gasteiger partial charge in [0, 0.05) is 43.4 Å². The number of amides is 1. The van der Waals surface area contributed by atoms with Crippen LogP contribution in [0.1, 0.15) is 55.5 Å². The second-order valence-corrected chi connectivity index (χ2v) is 8.38. The lowest BCUT2D eigenvalue weighted by Crippen LogP contribution is -2.32. The first-order valence-electron chi connectivity index (χ1n) is 11.2. The molecule has 2 aliphatic heterocycles. The van der Waals surface area contributed by atoms with Crippen molar-refractivity contribution >= 4 is 11.5 Å². The van der Waals surface area contributed by atoms with Crippen molar-refractivity contribution in [2.75, 3.05) is 13.1 Å². The number of carbonyl (C=O) groups is 1. The first-order valence-corrected chi connectivity index (χ1v) is 11.2. The lowest BCUT2D eigenvalue weighted by molar-refractivity contribution is -0.117. The fourth-order valence-electron chi connectivity index (χ4n) is 4.91. The molecule has 2 N–H and O–H groups in total. The van der Waals surface area contributed by atoms with Crippen molar-refractivity contribution in [2.45, 2.75) is 52.5 Å². The summed E-state index contributed by atoms with van der Waals surface area (Å²) < 4.78 is 21.7. The van der Waals surface area contributed by atoms with E-state index in [0.29, 0.717) is 49.4 Å². The summed E-state index contributed by atoms with van der Waals surface area (Å²) in [5.41, 5.74) is 6.68. The molecule has 1 amide bonds. The average molecular weight is 436 g/mol.